The van der Waals surface area contributed by atoms with Crippen LogP contribution in [0.5, 0.6) is 0 Å². The van der Waals surface area contributed by atoms with Gasteiger partial charge in [0.1, 0.15) is 5.82 Å². The second-order valence-corrected chi connectivity index (χ2v) is 5.75. The summed E-state index contributed by atoms with van der Waals surface area (Å²) in [7, 11) is 0. The van der Waals surface area contributed by atoms with Gasteiger partial charge >= 0.3 is 0 Å². The predicted octanol–water partition coefficient (Wildman–Crippen LogP) is 3.99. The molecule has 0 bridgehead atoms. The summed E-state index contributed by atoms with van der Waals surface area (Å²) in [6, 6.07) is 12.0. The van der Waals surface area contributed by atoms with Crippen molar-refractivity contribution in [3.05, 3.63) is 53.8 Å². The van der Waals surface area contributed by atoms with Crippen molar-refractivity contribution in [2.24, 2.45) is 0 Å². The average Bonchev–Trinajstić information content (AvgIpc) is 2.40. The minimum absolute atomic E-state index is 0.128. The van der Waals surface area contributed by atoms with Gasteiger partial charge in [-0.2, -0.15) is 0 Å². The molecule has 0 heterocycles. The zero-order valence-electron chi connectivity index (χ0n) is 11.8. The number of halogens is 1. The van der Waals surface area contributed by atoms with Crippen molar-refractivity contribution < 1.29 is 14.3 Å². The van der Waals surface area contributed by atoms with Crippen molar-refractivity contribution >= 4 is 23.4 Å². The Bertz CT molecular complexity index is 641. The van der Waals surface area contributed by atoms with Crippen molar-refractivity contribution in [1.82, 2.24) is 0 Å². The van der Waals surface area contributed by atoms with Crippen LogP contribution in [0.15, 0.2) is 52.3 Å². The summed E-state index contributed by atoms with van der Waals surface area (Å²) in [5, 5.41) is 12.4. The second kappa shape index (κ2) is 6.74. The lowest BCUT2D eigenvalue weighted by Crippen LogP contribution is -2.05. The van der Waals surface area contributed by atoms with E-state index in [-0.39, 0.29) is 5.91 Å². The lowest BCUT2D eigenvalue weighted by atomic mass is 10.1. The molecule has 3 nitrogen and oxygen atoms in total. The number of hydrogen-bond donors (Lipinski definition) is 2. The van der Waals surface area contributed by atoms with E-state index < -0.39 is 11.9 Å². The Balaban J connectivity index is 2.22. The van der Waals surface area contributed by atoms with Gasteiger partial charge in [-0.25, -0.2) is 4.39 Å². The summed E-state index contributed by atoms with van der Waals surface area (Å²) >= 11 is 1.37. The van der Waals surface area contributed by atoms with Crippen molar-refractivity contribution in [3.63, 3.8) is 0 Å². The summed E-state index contributed by atoms with van der Waals surface area (Å²) in [5.41, 5.74) is 1.01. The first-order valence-corrected chi connectivity index (χ1v) is 7.31. The average molecular weight is 305 g/mol. The van der Waals surface area contributed by atoms with Crippen LogP contribution in [0.1, 0.15) is 25.5 Å². The van der Waals surface area contributed by atoms with Crippen LogP contribution < -0.4 is 5.32 Å². The molecule has 21 heavy (non-hydrogen) atoms. The van der Waals surface area contributed by atoms with E-state index in [4.69, 9.17) is 0 Å². The molecule has 0 radical (unpaired) electrons. The third-order valence-electron chi connectivity index (χ3n) is 2.83. The molecule has 0 saturated carbocycles. The molecular formula is C16H16FNO2S. The van der Waals surface area contributed by atoms with E-state index in [1.807, 2.05) is 12.1 Å². The molecule has 2 aromatic carbocycles. The molecule has 0 aromatic heterocycles. The van der Waals surface area contributed by atoms with Gasteiger partial charge in [-0.1, -0.05) is 17.8 Å². The van der Waals surface area contributed by atoms with Crippen LogP contribution in [-0.2, 0) is 4.79 Å². The minimum atomic E-state index is -0.868. The van der Waals surface area contributed by atoms with Crippen LogP contribution in [-0.4, -0.2) is 11.0 Å². The second-order valence-electron chi connectivity index (χ2n) is 4.64. The van der Waals surface area contributed by atoms with Gasteiger partial charge < -0.3 is 10.4 Å². The Morgan fingerprint density at radius 3 is 2.48 bits per heavy atom. The highest BCUT2D eigenvalue weighted by Gasteiger charge is 2.14. The molecule has 110 valence electrons. The molecule has 0 aliphatic rings. The monoisotopic (exact) mass is 305 g/mol. The summed E-state index contributed by atoms with van der Waals surface area (Å²) in [5.74, 6) is -0.540. The number of amides is 1. The van der Waals surface area contributed by atoms with Gasteiger partial charge in [0, 0.05) is 28.0 Å². The predicted molar refractivity (Wildman–Crippen MR) is 81.9 cm³/mol. The van der Waals surface area contributed by atoms with E-state index in [9.17, 15) is 14.3 Å². The Kier molecular flexibility index (Phi) is 4.98. The SMILES string of the molecule is CC(=O)Nc1ccc(Sc2cccc(F)c2C(C)O)cc1. The first-order chi connectivity index (χ1) is 9.97. The van der Waals surface area contributed by atoms with Gasteiger partial charge in [-0.05, 0) is 43.3 Å². The maximum Gasteiger partial charge on any atom is 0.221 e. The molecule has 2 rings (SSSR count). The molecule has 0 spiro atoms. The van der Waals surface area contributed by atoms with E-state index >= 15 is 0 Å². The zero-order valence-corrected chi connectivity index (χ0v) is 12.6. The Morgan fingerprint density at radius 1 is 1.24 bits per heavy atom. The van der Waals surface area contributed by atoms with Crippen LogP contribution in [0.4, 0.5) is 10.1 Å². The highest BCUT2D eigenvalue weighted by molar-refractivity contribution is 7.99. The molecular weight excluding hydrogens is 289 g/mol. The fraction of sp³-hybridized carbons (Fsp3) is 0.188. The molecule has 1 atom stereocenters. The topological polar surface area (TPSA) is 49.3 Å². The number of nitrogens with one attached hydrogen (secondary N) is 1. The lowest BCUT2D eigenvalue weighted by molar-refractivity contribution is -0.114. The van der Waals surface area contributed by atoms with E-state index in [0.717, 1.165) is 4.90 Å². The number of carbonyl (C=O) groups is 1. The van der Waals surface area contributed by atoms with Gasteiger partial charge in [0.25, 0.3) is 0 Å². The van der Waals surface area contributed by atoms with Crippen LogP contribution >= 0.6 is 11.8 Å². The van der Waals surface area contributed by atoms with Crippen LogP contribution in [0.3, 0.4) is 0 Å². The molecule has 0 aliphatic heterocycles. The van der Waals surface area contributed by atoms with Crippen molar-refractivity contribution in [1.29, 1.82) is 0 Å². The van der Waals surface area contributed by atoms with Gasteiger partial charge in [0.05, 0.1) is 6.10 Å². The van der Waals surface area contributed by atoms with E-state index in [1.165, 1.54) is 24.8 Å². The number of anilines is 1. The maximum atomic E-state index is 13.8. The molecule has 5 heteroatoms. The standard InChI is InChI=1S/C16H16FNO2S/c1-10(19)16-14(17)4-3-5-15(16)21-13-8-6-12(7-9-13)18-11(2)20/h3-10,19H,1-2H3,(H,18,20). The quantitative estimate of drug-likeness (QED) is 0.898. The number of aliphatic hydroxyl groups excluding tert-OH is 1. The van der Waals surface area contributed by atoms with Gasteiger partial charge in [-0.15, -0.1) is 0 Å². The third-order valence-corrected chi connectivity index (χ3v) is 3.92. The highest BCUT2D eigenvalue weighted by Crippen LogP contribution is 2.35. The Labute approximate surface area is 127 Å². The zero-order chi connectivity index (χ0) is 15.4. The lowest BCUT2D eigenvalue weighted by Gasteiger charge is -2.12. The smallest absolute Gasteiger partial charge is 0.221 e. The highest BCUT2D eigenvalue weighted by atomic mass is 32.2. The molecule has 0 fully saturated rings. The third kappa shape index (κ3) is 4.06. The Hall–Kier alpha value is -1.85. The normalized spacial score (nSPS) is 12.0. The van der Waals surface area contributed by atoms with Crippen molar-refractivity contribution in [2.45, 2.75) is 29.7 Å². The maximum absolute atomic E-state index is 13.8. The number of rotatable bonds is 4. The summed E-state index contributed by atoms with van der Waals surface area (Å²) in [6.45, 7) is 2.99. The van der Waals surface area contributed by atoms with E-state index in [2.05, 4.69) is 5.32 Å². The molecule has 1 amide bonds. The van der Waals surface area contributed by atoms with Crippen LogP contribution in [0.25, 0.3) is 0 Å². The Morgan fingerprint density at radius 2 is 1.90 bits per heavy atom. The van der Waals surface area contributed by atoms with Crippen LogP contribution in [0, 0.1) is 5.82 Å². The van der Waals surface area contributed by atoms with Crippen molar-refractivity contribution in [3.8, 4) is 0 Å². The van der Waals surface area contributed by atoms with Crippen molar-refractivity contribution in [2.75, 3.05) is 5.32 Å². The summed E-state index contributed by atoms with van der Waals surface area (Å²) in [6.07, 6.45) is -0.868. The minimum Gasteiger partial charge on any atom is -0.389 e. The summed E-state index contributed by atoms with van der Waals surface area (Å²) < 4.78 is 13.8. The number of hydrogen-bond acceptors (Lipinski definition) is 3. The number of benzene rings is 2. The van der Waals surface area contributed by atoms with Gasteiger partial charge in [0.2, 0.25) is 5.91 Å². The fourth-order valence-electron chi connectivity index (χ4n) is 1.95. The number of aliphatic hydroxyl groups is 1. The number of carbonyl (C=O) groups excluding carboxylic acids is 1. The molecule has 0 aliphatic carbocycles. The van der Waals surface area contributed by atoms with E-state index in [1.54, 1.807) is 31.2 Å². The van der Waals surface area contributed by atoms with Crippen LogP contribution in [0.2, 0.25) is 0 Å². The van der Waals surface area contributed by atoms with E-state index in [0.29, 0.717) is 16.1 Å². The fourth-order valence-corrected chi connectivity index (χ4v) is 3.00. The molecule has 2 aromatic rings. The van der Waals surface area contributed by atoms with Gasteiger partial charge in [0.15, 0.2) is 0 Å². The first kappa shape index (κ1) is 15.5. The van der Waals surface area contributed by atoms with Gasteiger partial charge in [-0.3, -0.25) is 4.79 Å². The first-order valence-electron chi connectivity index (χ1n) is 6.49. The summed E-state index contributed by atoms with van der Waals surface area (Å²) in [4.78, 5) is 12.5. The molecule has 0 saturated heterocycles. The molecule has 2 N–H and O–H groups in total. The molecule has 1 unspecified atom stereocenters. The largest absolute Gasteiger partial charge is 0.389 e.